The van der Waals surface area contributed by atoms with Gasteiger partial charge in [0.15, 0.2) is 0 Å². The van der Waals surface area contributed by atoms with E-state index in [0.717, 1.165) is 5.69 Å². The predicted octanol–water partition coefficient (Wildman–Crippen LogP) is 3.63. The number of carbonyl (C=O) groups is 1. The molecular formula is C18H16ClN3O2. The summed E-state index contributed by atoms with van der Waals surface area (Å²) < 4.78 is 1.80. The molecule has 0 bridgehead atoms. The van der Waals surface area contributed by atoms with Crippen molar-refractivity contribution >= 4 is 34.2 Å². The Morgan fingerprint density at radius 2 is 2.08 bits per heavy atom. The van der Waals surface area contributed by atoms with Crippen LogP contribution in [0.25, 0.3) is 11.0 Å². The third-order valence-corrected chi connectivity index (χ3v) is 3.96. The molecule has 0 unspecified atom stereocenters. The Bertz CT molecular complexity index is 995. The minimum Gasteiger partial charge on any atom is -0.332 e. The molecule has 0 aliphatic heterocycles. The van der Waals surface area contributed by atoms with Gasteiger partial charge < -0.3 is 9.88 Å². The van der Waals surface area contributed by atoms with E-state index in [9.17, 15) is 9.59 Å². The molecule has 0 radical (unpaired) electrons. The van der Waals surface area contributed by atoms with Crippen molar-refractivity contribution in [3.8, 4) is 0 Å². The molecule has 1 amide bonds. The van der Waals surface area contributed by atoms with Crippen molar-refractivity contribution in [2.75, 3.05) is 5.32 Å². The highest BCUT2D eigenvalue weighted by Crippen LogP contribution is 2.16. The fourth-order valence-corrected chi connectivity index (χ4v) is 2.72. The molecule has 0 aliphatic carbocycles. The number of anilines is 1. The van der Waals surface area contributed by atoms with E-state index in [1.54, 1.807) is 47.2 Å². The Morgan fingerprint density at radius 1 is 1.29 bits per heavy atom. The second-order valence-corrected chi connectivity index (χ2v) is 5.88. The molecule has 1 N–H and O–H groups in total. The van der Waals surface area contributed by atoms with Gasteiger partial charge in [0.05, 0.1) is 5.39 Å². The Morgan fingerprint density at radius 3 is 2.79 bits per heavy atom. The topological polar surface area (TPSA) is 64.0 Å². The van der Waals surface area contributed by atoms with Gasteiger partial charge in [-0.1, -0.05) is 17.7 Å². The molecule has 0 fully saturated rings. The summed E-state index contributed by atoms with van der Waals surface area (Å²) in [7, 11) is 0. The molecule has 1 aromatic carbocycles. The number of nitrogens with zero attached hydrogens (tertiary/aromatic N) is 2. The highest BCUT2D eigenvalue weighted by Gasteiger charge is 2.16. The van der Waals surface area contributed by atoms with E-state index in [2.05, 4.69) is 10.3 Å². The number of aromatic nitrogens is 2. The molecule has 6 heteroatoms. The van der Waals surface area contributed by atoms with Gasteiger partial charge in [0.2, 0.25) is 5.43 Å². The fourth-order valence-electron chi connectivity index (χ4n) is 2.53. The van der Waals surface area contributed by atoms with Gasteiger partial charge in [-0.2, -0.15) is 0 Å². The maximum atomic E-state index is 12.7. The Hall–Kier alpha value is -2.66. The maximum Gasteiger partial charge on any atom is 0.261 e. The third kappa shape index (κ3) is 3.03. The van der Waals surface area contributed by atoms with Crippen molar-refractivity contribution in [3.63, 3.8) is 0 Å². The Kier molecular flexibility index (Phi) is 4.36. The van der Waals surface area contributed by atoms with Crippen LogP contribution in [0.3, 0.4) is 0 Å². The quantitative estimate of drug-likeness (QED) is 0.791. The summed E-state index contributed by atoms with van der Waals surface area (Å²) in [5.41, 5.74) is 1.69. The monoisotopic (exact) mass is 341 g/mol. The molecule has 3 rings (SSSR count). The fraction of sp³-hybridized carbons (Fsp3) is 0.167. The van der Waals surface area contributed by atoms with Crippen molar-refractivity contribution in [2.45, 2.75) is 20.4 Å². The minimum absolute atomic E-state index is 0.0787. The number of pyridine rings is 2. The largest absolute Gasteiger partial charge is 0.332 e. The molecule has 24 heavy (non-hydrogen) atoms. The first kappa shape index (κ1) is 16.2. The van der Waals surface area contributed by atoms with Crippen molar-refractivity contribution in [1.29, 1.82) is 0 Å². The summed E-state index contributed by atoms with van der Waals surface area (Å²) in [5, 5.41) is 3.65. The van der Waals surface area contributed by atoms with E-state index >= 15 is 0 Å². The van der Waals surface area contributed by atoms with Gasteiger partial charge in [0.1, 0.15) is 11.2 Å². The zero-order chi connectivity index (χ0) is 17.3. The molecule has 0 aliphatic rings. The van der Waals surface area contributed by atoms with Crippen LogP contribution in [0.5, 0.6) is 0 Å². The summed E-state index contributed by atoms with van der Waals surface area (Å²) in [5.74, 6) is -0.466. The minimum atomic E-state index is -0.466. The normalized spacial score (nSPS) is 10.8. The van der Waals surface area contributed by atoms with Gasteiger partial charge in [0, 0.05) is 29.1 Å². The summed E-state index contributed by atoms with van der Waals surface area (Å²) in [6, 6.07) is 10.3. The van der Waals surface area contributed by atoms with Crippen molar-refractivity contribution in [3.05, 3.63) is 69.1 Å². The molecule has 2 heterocycles. The number of hydrogen-bond donors (Lipinski definition) is 1. The maximum absolute atomic E-state index is 12.7. The van der Waals surface area contributed by atoms with Gasteiger partial charge in [-0.05, 0) is 44.2 Å². The molecule has 3 aromatic rings. The van der Waals surface area contributed by atoms with Crippen LogP contribution in [0, 0.1) is 6.92 Å². The lowest BCUT2D eigenvalue weighted by atomic mass is 10.1. The lowest BCUT2D eigenvalue weighted by Crippen LogP contribution is -2.24. The first-order valence-electron chi connectivity index (χ1n) is 7.57. The number of fused-ring (bicyclic) bond motifs is 1. The Labute approximate surface area is 143 Å². The van der Waals surface area contributed by atoms with Gasteiger partial charge in [0.25, 0.3) is 5.91 Å². The highest BCUT2D eigenvalue weighted by molar-refractivity contribution is 6.31. The number of amides is 1. The van der Waals surface area contributed by atoms with Gasteiger partial charge >= 0.3 is 0 Å². The van der Waals surface area contributed by atoms with Gasteiger partial charge in [-0.3, -0.25) is 9.59 Å². The van der Waals surface area contributed by atoms with E-state index in [-0.39, 0.29) is 11.0 Å². The average molecular weight is 342 g/mol. The van der Waals surface area contributed by atoms with Crippen LogP contribution in [-0.2, 0) is 6.54 Å². The molecule has 0 atom stereocenters. The molecule has 0 saturated heterocycles. The number of nitrogens with one attached hydrogen (secondary N) is 1. The summed E-state index contributed by atoms with van der Waals surface area (Å²) in [4.78, 5) is 29.6. The summed E-state index contributed by atoms with van der Waals surface area (Å²) >= 11 is 5.92. The SMILES string of the molecule is CCn1cc(C(=O)Nc2cccc(Cl)c2)c(=O)c2ccc(C)nc21. The van der Waals surface area contributed by atoms with Crippen LogP contribution >= 0.6 is 11.6 Å². The van der Waals surface area contributed by atoms with Crippen LogP contribution < -0.4 is 10.7 Å². The van der Waals surface area contributed by atoms with Gasteiger partial charge in [-0.25, -0.2) is 4.98 Å². The standard InChI is InChI=1S/C18H16ClN3O2/c1-3-22-10-15(16(23)14-8-7-11(2)20-17(14)22)18(24)21-13-6-4-5-12(19)9-13/h4-10H,3H2,1-2H3,(H,21,24). The summed E-state index contributed by atoms with van der Waals surface area (Å²) in [6.07, 6.45) is 1.55. The molecule has 0 spiro atoms. The molecule has 5 nitrogen and oxygen atoms in total. The second-order valence-electron chi connectivity index (χ2n) is 5.45. The lowest BCUT2D eigenvalue weighted by Gasteiger charge is -2.11. The van der Waals surface area contributed by atoms with E-state index in [1.807, 2.05) is 13.8 Å². The van der Waals surface area contributed by atoms with Gasteiger partial charge in [-0.15, -0.1) is 0 Å². The predicted molar refractivity (Wildman–Crippen MR) is 95.8 cm³/mol. The molecule has 2 aromatic heterocycles. The third-order valence-electron chi connectivity index (χ3n) is 3.73. The smallest absolute Gasteiger partial charge is 0.261 e. The zero-order valence-corrected chi connectivity index (χ0v) is 14.1. The zero-order valence-electron chi connectivity index (χ0n) is 13.3. The van der Waals surface area contributed by atoms with E-state index in [1.165, 1.54) is 0 Å². The molecule has 122 valence electrons. The number of benzene rings is 1. The van der Waals surface area contributed by atoms with Crippen molar-refractivity contribution in [1.82, 2.24) is 9.55 Å². The Balaban J connectivity index is 2.09. The van der Waals surface area contributed by atoms with E-state index < -0.39 is 5.91 Å². The van der Waals surface area contributed by atoms with E-state index in [0.29, 0.717) is 28.3 Å². The van der Waals surface area contributed by atoms with Crippen LogP contribution in [0.1, 0.15) is 23.0 Å². The van der Waals surface area contributed by atoms with Crippen molar-refractivity contribution in [2.24, 2.45) is 0 Å². The molecular weight excluding hydrogens is 326 g/mol. The summed E-state index contributed by atoms with van der Waals surface area (Å²) in [6.45, 7) is 4.40. The first-order valence-corrected chi connectivity index (χ1v) is 7.95. The number of rotatable bonds is 3. The highest BCUT2D eigenvalue weighted by atomic mass is 35.5. The number of halogens is 1. The second kappa shape index (κ2) is 6.45. The molecule has 0 saturated carbocycles. The van der Waals surface area contributed by atoms with Crippen LogP contribution in [-0.4, -0.2) is 15.5 Å². The number of carbonyl (C=O) groups excluding carboxylic acids is 1. The van der Waals surface area contributed by atoms with Crippen molar-refractivity contribution < 1.29 is 4.79 Å². The van der Waals surface area contributed by atoms with Crippen LogP contribution in [0.4, 0.5) is 5.69 Å². The number of hydrogen-bond acceptors (Lipinski definition) is 3. The average Bonchev–Trinajstić information content (AvgIpc) is 2.55. The van der Waals surface area contributed by atoms with Crippen LogP contribution in [0.2, 0.25) is 5.02 Å². The number of aryl methyl sites for hydroxylation is 2. The lowest BCUT2D eigenvalue weighted by molar-refractivity contribution is 0.102. The first-order chi connectivity index (χ1) is 11.5. The van der Waals surface area contributed by atoms with Crippen LogP contribution in [0.15, 0.2) is 47.4 Å². The van der Waals surface area contributed by atoms with E-state index in [4.69, 9.17) is 11.6 Å².